The van der Waals surface area contributed by atoms with E-state index in [1.54, 1.807) is 0 Å². The van der Waals surface area contributed by atoms with Gasteiger partial charge in [-0.25, -0.2) is 12.8 Å². The Morgan fingerprint density at radius 2 is 1.90 bits per heavy atom. The Morgan fingerprint density at radius 1 is 1.25 bits per heavy atom. The van der Waals surface area contributed by atoms with Gasteiger partial charge in [0.05, 0.1) is 12.3 Å². The molecule has 8 heteroatoms. The number of halogens is 1. The van der Waals surface area contributed by atoms with Crippen LogP contribution in [0.4, 0.5) is 10.1 Å². The van der Waals surface area contributed by atoms with Crippen molar-refractivity contribution in [3.63, 3.8) is 0 Å². The predicted molar refractivity (Wildman–Crippen MR) is 73.1 cm³/mol. The Hall–Kier alpha value is -1.22. The lowest BCUT2D eigenvalue weighted by Gasteiger charge is -2.33. The van der Waals surface area contributed by atoms with Gasteiger partial charge in [-0.15, -0.1) is 0 Å². The Balaban J connectivity index is 2.18. The molecule has 0 aromatic heterocycles. The van der Waals surface area contributed by atoms with Crippen molar-refractivity contribution in [3.05, 3.63) is 24.0 Å². The molecular formula is C12H18FN3O3S. The molecule has 0 bridgehead atoms. The smallest absolute Gasteiger partial charge is 0.245 e. The molecule has 1 aliphatic heterocycles. The maximum absolute atomic E-state index is 13.2. The number of aliphatic hydroxyl groups is 1. The lowest BCUT2D eigenvalue weighted by atomic mass is 10.3. The lowest BCUT2D eigenvalue weighted by Crippen LogP contribution is -2.49. The topological polar surface area (TPSA) is 86.9 Å². The second kappa shape index (κ2) is 6.04. The van der Waals surface area contributed by atoms with Crippen molar-refractivity contribution >= 4 is 15.7 Å². The largest absolute Gasteiger partial charge is 0.398 e. The fourth-order valence-corrected chi connectivity index (χ4v) is 3.76. The summed E-state index contributed by atoms with van der Waals surface area (Å²) in [6, 6.07) is 3.34. The standard InChI is InChI=1S/C12H18FN3O3S/c13-10-1-2-11(14)12(9-10)20(18,19)16-5-3-15(4-6-16)7-8-17/h1-2,9,17H,3-8,14H2. The number of nitrogens with two attached hydrogens (primary N) is 1. The van der Waals surface area contributed by atoms with Crippen molar-refractivity contribution in [2.24, 2.45) is 0 Å². The molecule has 1 saturated heterocycles. The predicted octanol–water partition coefficient (Wildman–Crippen LogP) is -0.294. The molecule has 0 amide bonds. The van der Waals surface area contributed by atoms with Crippen LogP contribution >= 0.6 is 0 Å². The minimum absolute atomic E-state index is 0.0452. The van der Waals surface area contributed by atoms with Crippen molar-refractivity contribution in [2.45, 2.75) is 4.90 Å². The number of hydrogen-bond donors (Lipinski definition) is 2. The molecule has 1 aromatic rings. The highest BCUT2D eigenvalue weighted by atomic mass is 32.2. The van der Waals surface area contributed by atoms with Gasteiger partial charge in [-0.2, -0.15) is 4.31 Å². The third-order valence-corrected chi connectivity index (χ3v) is 5.30. The third-order valence-electron chi connectivity index (χ3n) is 3.34. The van der Waals surface area contributed by atoms with Gasteiger partial charge in [0.25, 0.3) is 0 Å². The minimum Gasteiger partial charge on any atom is -0.398 e. The van der Waals surface area contributed by atoms with Gasteiger partial charge in [0.15, 0.2) is 0 Å². The van der Waals surface area contributed by atoms with E-state index in [1.807, 2.05) is 4.90 Å². The molecule has 2 rings (SSSR count). The number of piperazine rings is 1. The summed E-state index contributed by atoms with van der Waals surface area (Å²) in [5, 5.41) is 8.86. The van der Waals surface area contributed by atoms with Crippen molar-refractivity contribution in [1.29, 1.82) is 0 Å². The summed E-state index contributed by atoms with van der Waals surface area (Å²) in [6.45, 7) is 2.25. The second-order valence-electron chi connectivity index (χ2n) is 4.65. The maximum Gasteiger partial charge on any atom is 0.245 e. The van der Waals surface area contributed by atoms with Gasteiger partial charge in [0.2, 0.25) is 10.0 Å². The molecule has 0 spiro atoms. The van der Waals surface area contributed by atoms with Gasteiger partial charge in [-0.1, -0.05) is 0 Å². The van der Waals surface area contributed by atoms with Gasteiger partial charge >= 0.3 is 0 Å². The van der Waals surface area contributed by atoms with E-state index in [0.717, 1.165) is 12.1 Å². The van der Waals surface area contributed by atoms with E-state index in [1.165, 1.54) is 10.4 Å². The highest BCUT2D eigenvalue weighted by Crippen LogP contribution is 2.24. The Bertz CT molecular complexity index is 571. The van der Waals surface area contributed by atoms with Crippen LogP contribution in [0, 0.1) is 5.82 Å². The molecule has 0 saturated carbocycles. The van der Waals surface area contributed by atoms with Gasteiger partial charge in [0, 0.05) is 32.7 Å². The lowest BCUT2D eigenvalue weighted by molar-refractivity contribution is 0.151. The number of sulfonamides is 1. The zero-order chi connectivity index (χ0) is 14.8. The summed E-state index contributed by atoms with van der Waals surface area (Å²) in [5.41, 5.74) is 5.69. The first-order valence-corrected chi connectivity index (χ1v) is 7.77. The molecule has 1 heterocycles. The summed E-state index contributed by atoms with van der Waals surface area (Å²) in [7, 11) is -3.77. The summed E-state index contributed by atoms with van der Waals surface area (Å²) in [6.07, 6.45) is 0. The molecule has 6 nitrogen and oxygen atoms in total. The Labute approximate surface area is 117 Å². The van der Waals surface area contributed by atoms with E-state index < -0.39 is 15.8 Å². The number of nitrogens with zero attached hydrogens (tertiary/aromatic N) is 2. The number of aliphatic hydroxyl groups excluding tert-OH is 1. The van der Waals surface area contributed by atoms with Crippen LogP contribution in [-0.2, 0) is 10.0 Å². The summed E-state index contributed by atoms with van der Waals surface area (Å²) < 4.78 is 39.4. The molecule has 20 heavy (non-hydrogen) atoms. The van der Waals surface area contributed by atoms with Gasteiger partial charge in [-0.05, 0) is 18.2 Å². The van der Waals surface area contributed by atoms with E-state index in [0.29, 0.717) is 32.7 Å². The number of rotatable bonds is 4. The first-order chi connectivity index (χ1) is 9.45. The quantitative estimate of drug-likeness (QED) is 0.746. The fourth-order valence-electron chi connectivity index (χ4n) is 2.21. The Morgan fingerprint density at radius 3 is 2.50 bits per heavy atom. The van der Waals surface area contributed by atoms with Crippen molar-refractivity contribution in [3.8, 4) is 0 Å². The van der Waals surface area contributed by atoms with Gasteiger partial charge in [-0.3, -0.25) is 4.90 Å². The van der Waals surface area contributed by atoms with Crippen molar-refractivity contribution < 1.29 is 17.9 Å². The van der Waals surface area contributed by atoms with Crippen molar-refractivity contribution in [1.82, 2.24) is 9.21 Å². The van der Waals surface area contributed by atoms with Gasteiger partial charge < -0.3 is 10.8 Å². The monoisotopic (exact) mass is 303 g/mol. The van der Waals surface area contributed by atoms with Crippen LogP contribution in [0.5, 0.6) is 0 Å². The molecule has 1 aromatic carbocycles. The summed E-state index contributed by atoms with van der Waals surface area (Å²) >= 11 is 0. The van der Waals surface area contributed by atoms with Crippen LogP contribution in [0.15, 0.2) is 23.1 Å². The molecule has 0 unspecified atom stereocenters. The van der Waals surface area contributed by atoms with Crippen LogP contribution < -0.4 is 5.73 Å². The van der Waals surface area contributed by atoms with Crippen LogP contribution in [-0.4, -0.2) is 62.1 Å². The van der Waals surface area contributed by atoms with Crippen LogP contribution in [0.25, 0.3) is 0 Å². The van der Waals surface area contributed by atoms with E-state index >= 15 is 0 Å². The molecule has 0 aliphatic carbocycles. The molecule has 0 radical (unpaired) electrons. The average Bonchev–Trinajstić information content (AvgIpc) is 2.42. The maximum atomic E-state index is 13.2. The van der Waals surface area contributed by atoms with Crippen molar-refractivity contribution in [2.75, 3.05) is 45.1 Å². The molecule has 1 fully saturated rings. The van der Waals surface area contributed by atoms with E-state index in [4.69, 9.17) is 10.8 Å². The van der Waals surface area contributed by atoms with Gasteiger partial charge in [0.1, 0.15) is 10.7 Å². The SMILES string of the molecule is Nc1ccc(F)cc1S(=O)(=O)N1CCN(CCO)CC1. The van der Waals surface area contributed by atoms with E-state index in [-0.39, 0.29) is 17.2 Å². The summed E-state index contributed by atoms with van der Waals surface area (Å²) in [5.74, 6) is -0.628. The highest BCUT2D eigenvalue weighted by Gasteiger charge is 2.30. The van der Waals surface area contributed by atoms with Crippen LogP contribution in [0.2, 0.25) is 0 Å². The zero-order valence-corrected chi connectivity index (χ0v) is 11.8. The van der Waals surface area contributed by atoms with E-state index in [9.17, 15) is 12.8 Å². The van der Waals surface area contributed by atoms with Crippen LogP contribution in [0.3, 0.4) is 0 Å². The first kappa shape index (κ1) is 15.2. The minimum atomic E-state index is -3.77. The number of β-amino-alcohol motifs (C(OH)–C–C–N with tert-alkyl or cyclic N) is 1. The fraction of sp³-hybridized carbons (Fsp3) is 0.500. The molecule has 112 valence electrons. The summed E-state index contributed by atoms with van der Waals surface area (Å²) in [4.78, 5) is 1.79. The highest BCUT2D eigenvalue weighted by molar-refractivity contribution is 7.89. The van der Waals surface area contributed by atoms with E-state index in [2.05, 4.69) is 0 Å². The zero-order valence-electron chi connectivity index (χ0n) is 11.0. The normalized spacial score (nSPS) is 18.3. The number of benzene rings is 1. The number of anilines is 1. The third kappa shape index (κ3) is 3.09. The molecular weight excluding hydrogens is 285 g/mol. The first-order valence-electron chi connectivity index (χ1n) is 6.33. The molecule has 1 aliphatic rings. The average molecular weight is 303 g/mol. The number of hydrogen-bond acceptors (Lipinski definition) is 5. The molecule has 3 N–H and O–H groups in total. The number of nitrogen functional groups attached to an aromatic ring is 1. The Kier molecular flexibility index (Phi) is 4.59. The van der Waals surface area contributed by atoms with Crippen LogP contribution in [0.1, 0.15) is 0 Å². The molecule has 0 atom stereocenters. The second-order valence-corrected chi connectivity index (χ2v) is 6.56.